The number of carbonyl (C=O) groups is 1. The zero-order valence-corrected chi connectivity index (χ0v) is 13.7. The van der Waals surface area contributed by atoms with Crippen LogP contribution in [0, 0.1) is 0 Å². The van der Waals surface area contributed by atoms with E-state index in [2.05, 4.69) is 0 Å². The molecule has 0 fully saturated rings. The first-order valence-corrected chi connectivity index (χ1v) is 7.55. The normalized spacial score (nSPS) is 10.7. The molecule has 1 N–H and O–H groups in total. The summed E-state index contributed by atoms with van der Waals surface area (Å²) in [5, 5.41) is 10.4. The Kier molecular flexibility index (Phi) is 5.39. The van der Waals surface area contributed by atoms with Gasteiger partial charge in [-0.15, -0.1) is 0 Å². The molecule has 0 aliphatic carbocycles. The molecule has 110 valence electrons. The molecular weight excluding hydrogens is 354 g/mol. The summed E-state index contributed by atoms with van der Waals surface area (Å²) >= 11 is 24.3. The first kappa shape index (κ1) is 16.4. The van der Waals surface area contributed by atoms with Crippen molar-refractivity contribution >= 4 is 52.4 Å². The van der Waals surface area contributed by atoms with Gasteiger partial charge in [0.05, 0.1) is 15.1 Å². The van der Waals surface area contributed by atoms with Crippen molar-refractivity contribution in [1.82, 2.24) is 0 Å². The Balaban J connectivity index is 2.37. The topological polar surface area (TPSA) is 37.3 Å². The molecule has 0 radical (unpaired) electrons. The van der Waals surface area contributed by atoms with Gasteiger partial charge in [-0.25, -0.2) is 0 Å². The van der Waals surface area contributed by atoms with Gasteiger partial charge in [0.1, 0.15) is 0 Å². The van der Waals surface area contributed by atoms with E-state index in [0.717, 1.165) is 11.1 Å². The molecular formula is C15H10Cl4O2. The molecule has 6 heteroatoms. The van der Waals surface area contributed by atoms with Crippen LogP contribution in [0.25, 0.3) is 11.1 Å². The third kappa shape index (κ3) is 4.04. The summed E-state index contributed by atoms with van der Waals surface area (Å²) in [6, 6.07) is 8.58. The lowest BCUT2D eigenvalue weighted by atomic mass is 10.0. The van der Waals surface area contributed by atoms with Crippen molar-refractivity contribution in [3.63, 3.8) is 0 Å². The number of rotatable bonds is 4. The lowest BCUT2D eigenvalue weighted by Crippen LogP contribution is -1.97. The van der Waals surface area contributed by atoms with Crippen LogP contribution in [0.1, 0.15) is 12.0 Å². The Hall–Kier alpha value is -0.930. The lowest BCUT2D eigenvalue weighted by Gasteiger charge is -2.10. The fraction of sp³-hybridized carbons (Fsp3) is 0.133. The SMILES string of the molecule is O=C(O)CCc1ccc(-c2cc(Cl)c(Cl)cc2Cl)c(Cl)c1. The van der Waals surface area contributed by atoms with Gasteiger partial charge < -0.3 is 5.11 Å². The van der Waals surface area contributed by atoms with Crippen molar-refractivity contribution in [2.45, 2.75) is 12.8 Å². The van der Waals surface area contributed by atoms with E-state index in [4.69, 9.17) is 51.5 Å². The Morgan fingerprint density at radius 2 is 1.48 bits per heavy atom. The summed E-state index contributed by atoms with van der Waals surface area (Å²) in [6.07, 6.45) is 0.480. The van der Waals surface area contributed by atoms with E-state index in [1.54, 1.807) is 24.3 Å². The zero-order valence-electron chi connectivity index (χ0n) is 10.7. The average Bonchev–Trinajstić information content (AvgIpc) is 2.41. The number of benzene rings is 2. The highest BCUT2D eigenvalue weighted by molar-refractivity contribution is 6.44. The Labute approximate surface area is 142 Å². The van der Waals surface area contributed by atoms with E-state index in [1.807, 2.05) is 6.07 Å². The largest absolute Gasteiger partial charge is 0.481 e. The van der Waals surface area contributed by atoms with Crippen LogP contribution >= 0.6 is 46.4 Å². The van der Waals surface area contributed by atoms with Crippen molar-refractivity contribution in [2.24, 2.45) is 0 Å². The molecule has 0 unspecified atom stereocenters. The first-order chi connectivity index (χ1) is 9.88. The van der Waals surface area contributed by atoms with Gasteiger partial charge >= 0.3 is 5.97 Å². The fourth-order valence-electron chi connectivity index (χ4n) is 1.91. The van der Waals surface area contributed by atoms with Gasteiger partial charge in [-0.3, -0.25) is 4.79 Å². The maximum absolute atomic E-state index is 10.6. The van der Waals surface area contributed by atoms with Crippen LogP contribution in [-0.2, 0) is 11.2 Å². The number of halogens is 4. The highest BCUT2D eigenvalue weighted by Crippen LogP contribution is 2.38. The summed E-state index contributed by atoms with van der Waals surface area (Å²) in [4.78, 5) is 10.6. The molecule has 0 heterocycles. The molecule has 2 aromatic carbocycles. The second-order valence-electron chi connectivity index (χ2n) is 4.45. The molecule has 0 aliphatic rings. The van der Waals surface area contributed by atoms with Gasteiger partial charge in [0.15, 0.2) is 0 Å². The second-order valence-corrected chi connectivity index (χ2v) is 6.08. The van der Waals surface area contributed by atoms with E-state index in [1.165, 1.54) is 0 Å². The predicted octanol–water partition coefficient (Wildman–Crippen LogP) is 5.98. The number of carboxylic acid groups (broad SMARTS) is 1. The average molecular weight is 364 g/mol. The molecule has 0 atom stereocenters. The van der Waals surface area contributed by atoms with Crippen LogP contribution in [-0.4, -0.2) is 11.1 Å². The highest BCUT2D eigenvalue weighted by atomic mass is 35.5. The Morgan fingerprint density at radius 3 is 2.10 bits per heavy atom. The van der Waals surface area contributed by atoms with Crippen LogP contribution in [0.4, 0.5) is 0 Å². The van der Waals surface area contributed by atoms with Gasteiger partial charge in [0, 0.05) is 22.6 Å². The molecule has 2 aromatic rings. The molecule has 0 saturated heterocycles. The number of aliphatic carboxylic acids is 1. The summed E-state index contributed by atoms with van der Waals surface area (Å²) in [7, 11) is 0. The van der Waals surface area contributed by atoms with Crippen LogP contribution in [0.3, 0.4) is 0 Å². The smallest absolute Gasteiger partial charge is 0.303 e. The molecule has 2 nitrogen and oxygen atoms in total. The highest BCUT2D eigenvalue weighted by Gasteiger charge is 2.12. The van der Waals surface area contributed by atoms with Gasteiger partial charge in [-0.05, 0) is 30.2 Å². The van der Waals surface area contributed by atoms with Gasteiger partial charge in [0.25, 0.3) is 0 Å². The van der Waals surface area contributed by atoms with Gasteiger partial charge in [-0.1, -0.05) is 58.5 Å². The van der Waals surface area contributed by atoms with Crippen molar-refractivity contribution < 1.29 is 9.90 Å². The molecule has 2 rings (SSSR count). The summed E-state index contributed by atoms with van der Waals surface area (Å²) in [5.41, 5.74) is 2.25. The minimum Gasteiger partial charge on any atom is -0.481 e. The standard InChI is InChI=1S/C15H10Cl4O2/c16-11-5-8(2-4-15(20)21)1-3-9(11)10-6-13(18)14(19)7-12(10)17/h1,3,5-7H,2,4H2,(H,20,21). The molecule has 21 heavy (non-hydrogen) atoms. The van der Waals surface area contributed by atoms with Crippen molar-refractivity contribution in [3.8, 4) is 11.1 Å². The van der Waals surface area contributed by atoms with Gasteiger partial charge in [-0.2, -0.15) is 0 Å². The maximum Gasteiger partial charge on any atom is 0.303 e. The van der Waals surface area contributed by atoms with E-state index in [-0.39, 0.29) is 6.42 Å². The van der Waals surface area contributed by atoms with Crippen LogP contribution in [0.2, 0.25) is 20.1 Å². The summed E-state index contributed by atoms with van der Waals surface area (Å²) in [6.45, 7) is 0. The minimum atomic E-state index is -0.845. The van der Waals surface area contributed by atoms with Gasteiger partial charge in [0.2, 0.25) is 0 Å². The lowest BCUT2D eigenvalue weighted by molar-refractivity contribution is -0.136. The molecule has 0 amide bonds. The Bertz CT molecular complexity index is 698. The monoisotopic (exact) mass is 362 g/mol. The van der Waals surface area contributed by atoms with E-state index < -0.39 is 5.97 Å². The molecule has 0 spiro atoms. The second kappa shape index (κ2) is 6.89. The first-order valence-electron chi connectivity index (χ1n) is 6.03. The van der Waals surface area contributed by atoms with Crippen molar-refractivity contribution in [1.29, 1.82) is 0 Å². The predicted molar refractivity (Wildman–Crippen MR) is 87.9 cm³/mol. The summed E-state index contributed by atoms with van der Waals surface area (Å²) < 4.78 is 0. The number of hydrogen-bond donors (Lipinski definition) is 1. The third-order valence-corrected chi connectivity index (χ3v) is 4.31. The van der Waals surface area contributed by atoms with Crippen LogP contribution in [0.5, 0.6) is 0 Å². The molecule has 0 saturated carbocycles. The number of hydrogen-bond acceptors (Lipinski definition) is 1. The quantitative estimate of drug-likeness (QED) is 0.678. The Morgan fingerprint density at radius 1 is 0.857 bits per heavy atom. The van der Waals surface area contributed by atoms with E-state index >= 15 is 0 Å². The maximum atomic E-state index is 10.6. The number of carboxylic acids is 1. The van der Waals surface area contributed by atoms with E-state index in [9.17, 15) is 4.79 Å². The molecule has 0 aliphatic heterocycles. The van der Waals surface area contributed by atoms with E-state index in [0.29, 0.717) is 32.1 Å². The third-order valence-electron chi connectivity index (χ3n) is 2.96. The van der Waals surface area contributed by atoms with Crippen molar-refractivity contribution in [2.75, 3.05) is 0 Å². The van der Waals surface area contributed by atoms with Crippen molar-refractivity contribution in [3.05, 3.63) is 56.0 Å². The number of aryl methyl sites for hydroxylation is 1. The molecule has 0 aromatic heterocycles. The molecule has 0 bridgehead atoms. The minimum absolute atomic E-state index is 0.0587. The van der Waals surface area contributed by atoms with Crippen LogP contribution < -0.4 is 0 Å². The summed E-state index contributed by atoms with van der Waals surface area (Å²) in [5.74, 6) is -0.845. The van der Waals surface area contributed by atoms with Crippen LogP contribution in [0.15, 0.2) is 30.3 Å². The zero-order chi connectivity index (χ0) is 15.6. The fourth-order valence-corrected chi connectivity index (χ4v) is 2.87.